The van der Waals surface area contributed by atoms with Crippen LogP contribution in [0.15, 0.2) is 22.7 Å². The van der Waals surface area contributed by atoms with Crippen LogP contribution in [0.25, 0.3) is 10.9 Å². The van der Waals surface area contributed by atoms with Gasteiger partial charge in [-0.25, -0.2) is 0 Å². The second-order valence-electron chi connectivity index (χ2n) is 5.24. The average molecular weight is 291 g/mol. The van der Waals surface area contributed by atoms with Crippen molar-refractivity contribution < 1.29 is 0 Å². The number of H-pyrrole nitrogens is 1. The maximum absolute atomic E-state index is 3.61. The van der Waals surface area contributed by atoms with E-state index in [0.29, 0.717) is 0 Å². The number of halogens is 1. The third kappa shape index (κ3) is 1.49. The molecule has 1 atom stereocenters. The molecule has 4 rings (SSSR count). The van der Waals surface area contributed by atoms with Crippen molar-refractivity contribution in [2.24, 2.45) is 0 Å². The zero-order valence-corrected chi connectivity index (χ0v) is 11.3. The van der Waals surface area contributed by atoms with E-state index in [-0.39, 0.29) is 0 Å². The Kier molecular flexibility index (Phi) is 2.15. The monoisotopic (exact) mass is 290 g/mol. The molecule has 0 radical (unpaired) electrons. The molecule has 1 saturated heterocycles. The number of hydrogen-bond acceptors (Lipinski definition) is 1. The smallest absolute Gasteiger partial charge is 0.0470 e. The van der Waals surface area contributed by atoms with Crippen molar-refractivity contribution in [1.82, 2.24) is 9.88 Å². The van der Waals surface area contributed by atoms with Gasteiger partial charge in [0.1, 0.15) is 0 Å². The van der Waals surface area contributed by atoms with Crippen LogP contribution in [0.4, 0.5) is 0 Å². The summed E-state index contributed by atoms with van der Waals surface area (Å²) in [6, 6.07) is 7.37. The van der Waals surface area contributed by atoms with E-state index < -0.39 is 0 Å². The third-order valence-corrected chi connectivity index (χ3v) is 4.75. The molecule has 2 aromatic rings. The van der Waals surface area contributed by atoms with Crippen LogP contribution in [0, 0.1) is 0 Å². The quantitative estimate of drug-likeness (QED) is 0.787. The van der Waals surface area contributed by atoms with E-state index in [1.807, 2.05) is 0 Å². The molecule has 2 aliphatic rings. The van der Waals surface area contributed by atoms with Gasteiger partial charge in [-0.15, -0.1) is 0 Å². The minimum Gasteiger partial charge on any atom is -0.358 e. The van der Waals surface area contributed by atoms with Crippen LogP contribution in [0.3, 0.4) is 0 Å². The summed E-state index contributed by atoms with van der Waals surface area (Å²) >= 11 is 3.54. The molecule has 1 aromatic heterocycles. The van der Waals surface area contributed by atoms with Crippen molar-refractivity contribution in [2.45, 2.75) is 31.8 Å². The minimum absolute atomic E-state index is 0.791. The van der Waals surface area contributed by atoms with Crippen LogP contribution < -0.4 is 0 Å². The fraction of sp³-hybridized carbons (Fsp3) is 0.429. The minimum atomic E-state index is 0.791. The molecule has 1 fully saturated rings. The topological polar surface area (TPSA) is 19.0 Å². The van der Waals surface area contributed by atoms with Gasteiger partial charge in [0.05, 0.1) is 0 Å². The largest absolute Gasteiger partial charge is 0.358 e. The number of hydrogen-bond donors (Lipinski definition) is 1. The summed E-state index contributed by atoms with van der Waals surface area (Å²) in [5, 5.41) is 1.41. The van der Waals surface area contributed by atoms with Gasteiger partial charge >= 0.3 is 0 Å². The first-order valence-corrected chi connectivity index (χ1v) is 7.13. The van der Waals surface area contributed by atoms with E-state index in [1.54, 1.807) is 0 Å². The maximum atomic E-state index is 3.61. The molecule has 0 bridgehead atoms. The normalized spacial score (nSPS) is 23.9. The van der Waals surface area contributed by atoms with Crippen molar-refractivity contribution in [2.75, 3.05) is 6.54 Å². The van der Waals surface area contributed by atoms with Crippen LogP contribution in [0.1, 0.15) is 24.1 Å². The van der Waals surface area contributed by atoms with Crippen LogP contribution in [0.5, 0.6) is 0 Å². The molecule has 2 nitrogen and oxygen atoms in total. The van der Waals surface area contributed by atoms with Gasteiger partial charge in [0.15, 0.2) is 0 Å². The zero-order chi connectivity index (χ0) is 11.4. The Hall–Kier alpha value is -0.800. The number of nitrogens with one attached hydrogen (secondary N) is 1. The summed E-state index contributed by atoms with van der Waals surface area (Å²) in [7, 11) is 0. The molecular formula is C14H15BrN2. The van der Waals surface area contributed by atoms with Crippen molar-refractivity contribution in [3.05, 3.63) is 33.9 Å². The number of aromatic nitrogens is 1. The van der Waals surface area contributed by atoms with Gasteiger partial charge in [-0.3, -0.25) is 4.90 Å². The molecule has 2 aliphatic heterocycles. The SMILES string of the molecule is Brc1ccc2c3c([nH]c2c1)CC1CCCN1C3. The molecule has 1 unspecified atom stereocenters. The van der Waals surface area contributed by atoms with Crippen molar-refractivity contribution in [1.29, 1.82) is 0 Å². The Morgan fingerprint density at radius 3 is 3.24 bits per heavy atom. The molecule has 0 spiro atoms. The van der Waals surface area contributed by atoms with E-state index >= 15 is 0 Å². The first kappa shape index (κ1) is 10.2. The number of fused-ring (bicyclic) bond motifs is 4. The van der Waals surface area contributed by atoms with Gasteiger partial charge < -0.3 is 4.98 Å². The molecule has 1 N–H and O–H groups in total. The van der Waals surface area contributed by atoms with Crippen LogP contribution in [-0.2, 0) is 13.0 Å². The molecule has 0 amide bonds. The maximum Gasteiger partial charge on any atom is 0.0470 e. The molecular weight excluding hydrogens is 276 g/mol. The van der Waals surface area contributed by atoms with Crippen molar-refractivity contribution in [3.8, 4) is 0 Å². The lowest BCUT2D eigenvalue weighted by Gasteiger charge is -2.29. The Morgan fingerprint density at radius 2 is 2.29 bits per heavy atom. The van der Waals surface area contributed by atoms with Crippen LogP contribution in [-0.4, -0.2) is 22.5 Å². The molecule has 88 valence electrons. The Labute approximate surface area is 109 Å². The molecule has 3 heterocycles. The van der Waals surface area contributed by atoms with E-state index in [1.165, 1.54) is 48.0 Å². The molecule has 0 aliphatic carbocycles. The summed E-state index contributed by atoms with van der Waals surface area (Å²) in [6.45, 7) is 2.43. The molecule has 17 heavy (non-hydrogen) atoms. The third-order valence-electron chi connectivity index (χ3n) is 4.26. The Balaban J connectivity index is 1.88. The summed E-state index contributed by atoms with van der Waals surface area (Å²) < 4.78 is 1.16. The first-order valence-electron chi connectivity index (χ1n) is 6.34. The van der Waals surface area contributed by atoms with Gasteiger partial charge in [0.2, 0.25) is 0 Å². The van der Waals surface area contributed by atoms with E-state index in [2.05, 4.69) is 44.0 Å². The summed E-state index contributed by atoms with van der Waals surface area (Å²) in [5.74, 6) is 0. The van der Waals surface area contributed by atoms with Crippen LogP contribution in [0.2, 0.25) is 0 Å². The van der Waals surface area contributed by atoms with Crippen molar-refractivity contribution >= 4 is 26.8 Å². The van der Waals surface area contributed by atoms with E-state index in [0.717, 1.165) is 17.1 Å². The fourth-order valence-corrected chi connectivity index (χ4v) is 3.77. The first-order chi connectivity index (χ1) is 8.31. The van der Waals surface area contributed by atoms with E-state index in [4.69, 9.17) is 0 Å². The fourth-order valence-electron chi connectivity index (χ4n) is 3.41. The summed E-state index contributed by atoms with van der Waals surface area (Å²) in [6.07, 6.45) is 3.96. The standard InChI is InChI=1S/C14H15BrN2/c15-9-3-4-11-12-8-17-5-1-2-10(17)7-14(12)16-13(11)6-9/h3-4,6,10,16H,1-2,5,7-8H2. The number of aromatic amines is 1. The highest BCUT2D eigenvalue weighted by molar-refractivity contribution is 9.10. The van der Waals surface area contributed by atoms with Gasteiger partial charge in [0.25, 0.3) is 0 Å². The molecule has 3 heteroatoms. The summed E-state index contributed by atoms with van der Waals surface area (Å²) in [4.78, 5) is 6.26. The van der Waals surface area contributed by atoms with Gasteiger partial charge in [-0.1, -0.05) is 22.0 Å². The highest BCUT2D eigenvalue weighted by atomic mass is 79.9. The second kappa shape index (κ2) is 3.59. The van der Waals surface area contributed by atoms with Crippen LogP contribution >= 0.6 is 15.9 Å². The lowest BCUT2D eigenvalue weighted by Crippen LogP contribution is -2.34. The van der Waals surface area contributed by atoms with Gasteiger partial charge in [0, 0.05) is 40.1 Å². The number of rotatable bonds is 0. The zero-order valence-electron chi connectivity index (χ0n) is 9.67. The van der Waals surface area contributed by atoms with E-state index in [9.17, 15) is 0 Å². The summed E-state index contributed by atoms with van der Waals surface area (Å²) in [5.41, 5.74) is 4.29. The van der Waals surface area contributed by atoms with Gasteiger partial charge in [-0.05, 0) is 37.1 Å². The average Bonchev–Trinajstić information content (AvgIpc) is 2.87. The number of nitrogens with zero attached hydrogens (tertiary/aromatic N) is 1. The highest BCUT2D eigenvalue weighted by Crippen LogP contribution is 2.34. The molecule has 0 saturated carbocycles. The Morgan fingerprint density at radius 1 is 1.35 bits per heavy atom. The predicted molar refractivity (Wildman–Crippen MR) is 73.1 cm³/mol. The lowest BCUT2D eigenvalue weighted by molar-refractivity contribution is 0.227. The predicted octanol–water partition coefficient (Wildman–Crippen LogP) is 3.45. The van der Waals surface area contributed by atoms with Gasteiger partial charge in [-0.2, -0.15) is 0 Å². The second-order valence-corrected chi connectivity index (χ2v) is 6.16. The van der Waals surface area contributed by atoms with Crippen molar-refractivity contribution in [3.63, 3.8) is 0 Å². The highest BCUT2D eigenvalue weighted by Gasteiger charge is 2.31. The Bertz CT molecular complexity index is 587. The molecule has 1 aromatic carbocycles. The lowest BCUT2D eigenvalue weighted by atomic mass is 9.99. The number of benzene rings is 1.